The second-order valence-electron chi connectivity index (χ2n) is 1.35. The van der Waals surface area contributed by atoms with Crippen LogP contribution in [0.2, 0.25) is 10.0 Å². The van der Waals surface area contributed by atoms with E-state index in [0.29, 0.717) is 10.0 Å². The third kappa shape index (κ3) is 9.83. The first kappa shape index (κ1) is 23.5. The topological polar surface area (TPSA) is 0 Å². The van der Waals surface area contributed by atoms with Gasteiger partial charge in [0.25, 0.3) is 0 Å². The van der Waals surface area contributed by atoms with Crippen LogP contribution in [0.4, 0.5) is 0 Å². The van der Waals surface area contributed by atoms with Gasteiger partial charge in [0.1, 0.15) is 0 Å². The van der Waals surface area contributed by atoms with Crippen molar-refractivity contribution in [2.75, 3.05) is 0 Å². The Morgan fingerprint density at radius 1 is 1.00 bits per heavy atom. The van der Waals surface area contributed by atoms with Gasteiger partial charge < -0.3 is 24.8 Å². The van der Waals surface area contributed by atoms with Crippen LogP contribution in [0.15, 0.2) is 18.2 Å². The molecule has 58 valence electrons. The van der Waals surface area contributed by atoms with Crippen molar-refractivity contribution in [2.45, 2.75) is 0 Å². The molecule has 0 saturated carbocycles. The summed E-state index contributed by atoms with van der Waals surface area (Å²) < 4.78 is 0. The Morgan fingerprint density at radius 2 is 1.33 bits per heavy atom. The standard InChI is InChI=1S/C6H3Cl2.2ClH.Li.Mg/c7-5-2-1-3-6(8)4-5;;;;/h1-3H;2*1H;;/q-1;;;+1;+2/p-2. The molecule has 0 fully saturated rings. The second-order valence-corrected chi connectivity index (χ2v) is 2.16. The van der Waals surface area contributed by atoms with E-state index in [1.54, 1.807) is 18.2 Å². The summed E-state index contributed by atoms with van der Waals surface area (Å²) in [5.74, 6) is 0. The van der Waals surface area contributed by atoms with Gasteiger partial charge in [0, 0.05) is 0 Å². The maximum absolute atomic E-state index is 5.50. The largest absolute Gasteiger partial charge is 2.00 e. The fourth-order valence-corrected chi connectivity index (χ4v) is 0.812. The van der Waals surface area contributed by atoms with Crippen molar-refractivity contribution in [3.8, 4) is 0 Å². The molecular weight excluding hydrogens is 245 g/mol. The van der Waals surface area contributed by atoms with Crippen LogP contribution in [0.25, 0.3) is 0 Å². The fourth-order valence-electron chi connectivity index (χ4n) is 0.414. The summed E-state index contributed by atoms with van der Waals surface area (Å²) in [4.78, 5) is 0. The van der Waals surface area contributed by atoms with Gasteiger partial charge in [0.2, 0.25) is 0 Å². The minimum absolute atomic E-state index is 0. The van der Waals surface area contributed by atoms with Crippen molar-refractivity contribution in [2.24, 2.45) is 0 Å². The first-order valence-electron chi connectivity index (χ1n) is 2.12. The monoisotopic (exact) mass is 246 g/mol. The normalized spacial score (nSPS) is 6.17. The van der Waals surface area contributed by atoms with Crippen molar-refractivity contribution in [1.29, 1.82) is 0 Å². The van der Waals surface area contributed by atoms with Crippen LogP contribution in [0.1, 0.15) is 0 Å². The van der Waals surface area contributed by atoms with E-state index in [9.17, 15) is 0 Å². The van der Waals surface area contributed by atoms with Crippen LogP contribution in [-0.2, 0) is 0 Å². The van der Waals surface area contributed by atoms with Crippen LogP contribution in [0.5, 0.6) is 0 Å². The predicted molar refractivity (Wildman–Crippen MR) is 41.1 cm³/mol. The number of hydrogen-bond donors (Lipinski definition) is 0. The SMILES string of the molecule is Clc1[c-]c(Cl)ccc1.[Cl-].[Cl-].[Li+].[Mg+2]. The maximum Gasteiger partial charge on any atom is 2.00 e. The third-order valence-corrected chi connectivity index (χ3v) is 1.16. The molecule has 0 bridgehead atoms. The molecule has 6 heteroatoms. The average molecular weight is 248 g/mol. The summed E-state index contributed by atoms with van der Waals surface area (Å²) in [6.07, 6.45) is 0. The molecular formula is C6H3Cl4LiMg. The molecule has 12 heavy (non-hydrogen) atoms. The van der Waals surface area contributed by atoms with Crippen molar-refractivity contribution >= 4 is 46.3 Å². The molecule has 0 heterocycles. The van der Waals surface area contributed by atoms with Gasteiger partial charge in [-0.2, -0.15) is 18.2 Å². The Labute approximate surface area is 123 Å². The van der Waals surface area contributed by atoms with Crippen molar-refractivity contribution in [1.82, 2.24) is 0 Å². The molecule has 0 aliphatic rings. The number of hydrogen-bond acceptors (Lipinski definition) is 0. The molecule has 0 aromatic heterocycles. The van der Waals surface area contributed by atoms with E-state index in [2.05, 4.69) is 6.07 Å². The van der Waals surface area contributed by atoms with E-state index >= 15 is 0 Å². The van der Waals surface area contributed by atoms with Crippen LogP contribution in [-0.4, -0.2) is 23.1 Å². The summed E-state index contributed by atoms with van der Waals surface area (Å²) in [6, 6.07) is 7.94. The zero-order valence-electron chi connectivity index (χ0n) is 6.45. The van der Waals surface area contributed by atoms with E-state index in [-0.39, 0.29) is 66.7 Å². The van der Waals surface area contributed by atoms with Gasteiger partial charge in [-0.15, -0.1) is 29.3 Å². The van der Waals surface area contributed by atoms with Gasteiger partial charge in [-0.25, -0.2) is 0 Å². The third-order valence-electron chi connectivity index (χ3n) is 0.724. The molecule has 0 aliphatic heterocycles. The van der Waals surface area contributed by atoms with Gasteiger partial charge >= 0.3 is 41.9 Å². The predicted octanol–water partition coefficient (Wildman–Crippen LogP) is -6.58. The first-order valence-corrected chi connectivity index (χ1v) is 2.88. The zero-order valence-corrected chi connectivity index (χ0v) is 10.9. The van der Waals surface area contributed by atoms with E-state index in [1.807, 2.05) is 0 Å². The Bertz CT molecular complexity index is 179. The van der Waals surface area contributed by atoms with Crippen LogP contribution < -0.4 is 43.7 Å². The second kappa shape index (κ2) is 12.7. The quantitative estimate of drug-likeness (QED) is 0.316. The van der Waals surface area contributed by atoms with Gasteiger partial charge in [0.15, 0.2) is 0 Å². The van der Waals surface area contributed by atoms with Gasteiger partial charge in [0.05, 0.1) is 0 Å². The summed E-state index contributed by atoms with van der Waals surface area (Å²) in [5.41, 5.74) is 0. The summed E-state index contributed by atoms with van der Waals surface area (Å²) in [6.45, 7) is 0. The summed E-state index contributed by atoms with van der Waals surface area (Å²) in [5, 5.41) is 1.11. The molecule has 0 radical (unpaired) electrons. The summed E-state index contributed by atoms with van der Waals surface area (Å²) in [7, 11) is 0. The number of rotatable bonds is 0. The van der Waals surface area contributed by atoms with Gasteiger partial charge in [-0.1, -0.05) is 10.0 Å². The van der Waals surface area contributed by atoms with Crippen LogP contribution in [0, 0.1) is 6.07 Å². The number of halogens is 4. The van der Waals surface area contributed by atoms with Gasteiger partial charge in [-0.3, -0.25) is 0 Å². The van der Waals surface area contributed by atoms with Crippen molar-refractivity contribution < 1.29 is 43.7 Å². The summed E-state index contributed by atoms with van der Waals surface area (Å²) >= 11 is 11.0. The van der Waals surface area contributed by atoms with Crippen molar-refractivity contribution in [3.63, 3.8) is 0 Å². The molecule has 0 saturated heterocycles. The Balaban J connectivity index is -0.0000000800. The molecule has 0 spiro atoms. The Hall–Kier alpha value is 1.74. The first-order chi connectivity index (χ1) is 3.79. The Morgan fingerprint density at radius 3 is 1.50 bits per heavy atom. The molecule has 0 amide bonds. The van der Waals surface area contributed by atoms with E-state index in [1.165, 1.54) is 0 Å². The maximum atomic E-state index is 5.50. The average Bonchev–Trinajstić information content (AvgIpc) is 1.64. The van der Waals surface area contributed by atoms with E-state index in [0.717, 1.165) is 0 Å². The van der Waals surface area contributed by atoms with Gasteiger partial charge in [-0.05, 0) is 0 Å². The van der Waals surface area contributed by atoms with Crippen LogP contribution in [0.3, 0.4) is 0 Å². The van der Waals surface area contributed by atoms with Crippen LogP contribution >= 0.6 is 23.2 Å². The van der Waals surface area contributed by atoms with Crippen molar-refractivity contribution in [3.05, 3.63) is 34.3 Å². The molecule has 0 aliphatic carbocycles. The van der Waals surface area contributed by atoms with E-state index < -0.39 is 0 Å². The molecule has 0 nitrogen and oxygen atoms in total. The molecule has 1 aromatic rings. The molecule has 0 N–H and O–H groups in total. The molecule has 0 atom stereocenters. The Kier molecular flexibility index (Phi) is 25.0. The molecule has 1 aromatic carbocycles. The minimum atomic E-state index is 0. The smallest absolute Gasteiger partial charge is 1.00 e. The number of benzene rings is 1. The fraction of sp³-hybridized carbons (Fsp3) is 0. The molecule has 0 unspecified atom stereocenters. The van der Waals surface area contributed by atoms with E-state index in [4.69, 9.17) is 23.2 Å². The minimum Gasteiger partial charge on any atom is -1.00 e. The zero-order chi connectivity index (χ0) is 5.98. The molecule has 1 rings (SSSR count).